The minimum atomic E-state index is 0.773. The van der Waals surface area contributed by atoms with E-state index in [0.29, 0.717) is 0 Å². The molecule has 3 nitrogen and oxygen atoms in total. The van der Waals surface area contributed by atoms with Crippen LogP contribution in [0.25, 0.3) is 0 Å². The number of hydrogen-bond donors (Lipinski definition) is 0. The van der Waals surface area contributed by atoms with Gasteiger partial charge < -0.3 is 9.64 Å². The fourth-order valence-corrected chi connectivity index (χ4v) is 2.44. The first kappa shape index (κ1) is 12.7. The summed E-state index contributed by atoms with van der Waals surface area (Å²) in [7, 11) is 1.69. The van der Waals surface area contributed by atoms with E-state index in [0.717, 1.165) is 25.4 Å². The number of ether oxygens (including phenoxy) is 1. The lowest BCUT2D eigenvalue weighted by Crippen LogP contribution is -2.20. The highest BCUT2D eigenvalue weighted by atomic mass is 16.5. The molecule has 0 amide bonds. The van der Waals surface area contributed by atoms with Crippen molar-refractivity contribution in [3.63, 3.8) is 0 Å². The van der Waals surface area contributed by atoms with Crippen molar-refractivity contribution in [3.05, 3.63) is 65.2 Å². The van der Waals surface area contributed by atoms with E-state index >= 15 is 0 Å². The first-order chi connectivity index (χ1) is 9.85. The number of fused-ring (bicyclic) bond motifs is 1. The van der Waals surface area contributed by atoms with Crippen LogP contribution in [-0.2, 0) is 19.6 Å². The Morgan fingerprint density at radius 2 is 1.80 bits per heavy atom. The third-order valence-electron chi connectivity index (χ3n) is 3.54. The molecule has 0 saturated heterocycles. The topological polar surface area (TPSA) is 24.8 Å². The summed E-state index contributed by atoms with van der Waals surface area (Å²) in [4.78, 5) is 6.74. The summed E-state index contributed by atoms with van der Waals surface area (Å²) in [5.74, 6) is 0.892. The summed E-state index contributed by atoms with van der Waals surface area (Å²) >= 11 is 0. The third-order valence-corrected chi connectivity index (χ3v) is 3.54. The summed E-state index contributed by atoms with van der Waals surface area (Å²) in [5.41, 5.74) is 3.94. The van der Waals surface area contributed by atoms with Crippen molar-refractivity contribution in [1.82, 2.24) is 4.90 Å². The van der Waals surface area contributed by atoms with Gasteiger partial charge in [0.2, 0.25) is 0 Å². The van der Waals surface area contributed by atoms with E-state index in [1.54, 1.807) is 7.11 Å². The van der Waals surface area contributed by atoms with Gasteiger partial charge in [0.25, 0.3) is 0 Å². The molecule has 0 bridgehead atoms. The largest absolute Gasteiger partial charge is 0.497 e. The van der Waals surface area contributed by atoms with Crippen LogP contribution in [0.1, 0.15) is 16.7 Å². The Morgan fingerprint density at radius 3 is 2.55 bits per heavy atom. The van der Waals surface area contributed by atoms with E-state index in [-0.39, 0.29) is 0 Å². The maximum atomic E-state index is 5.19. The molecule has 0 saturated carbocycles. The van der Waals surface area contributed by atoms with Crippen LogP contribution in [0.15, 0.2) is 53.5 Å². The molecule has 1 aliphatic heterocycles. The highest BCUT2D eigenvalue weighted by Gasteiger charge is 2.10. The van der Waals surface area contributed by atoms with Gasteiger partial charge in [0, 0.05) is 13.1 Å². The minimum absolute atomic E-state index is 0.773. The van der Waals surface area contributed by atoms with Gasteiger partial charge in [-0.15, -0.1) is 0 Å². The van der Waals surface area contributed by atoms with Gasteiger partial charge in [-0.1, -0.05) is 36.4 Å². The third kappa shape index (κ3) is 2.82. The molecule has 20 heavy (non-hydrogen) atoms. The van der Waals surface area contributed by atoms with Gasteiger partial charge in [-0.05, 0) is 28.8 Å². The molecule has 0 unspecified atom stereocenters. The average molecular weight is 266 g/mol. The molecular weight excluding hydrogens is 248 g/mol. The van der Waals surface area contributed by atoms with Crippen molar-refractivity contribution < 1.29 is 4.74 Å². The van der Waals surface area contributed by atoms with Crippen LogP contribution in [0.4, 0.5) is 0 Å². The Morgan fingerprint density at radius 1 is 1.05 bits per heavy atom. The van der Waals surface area contributed by atoms with Crippen molar-refractivity contribution in [2.45, 2.75) is 19.6 Å². The Kier molecular flexibility index (Phi) is 3.68. The highest BCUT2D eigenvalue weighted by Crippen LogP contribution is 2.18. The van der Waals surface area contributed by atoms with Crippen LogP contribution in [-0.4, -0.2) is 18.3 Å². The van der Waals surface area contributed by atoms with Crippen molar-refractivity contribution in [2.24, 2.45) is 4.99 Å². The zero-order valence-corrected chi connectivity index (χ0v) is 11.6. The molecule has 2 aromatic rings. The second kappa shape index (κ2) is 5.78. The molecule has 0 radical (unpaired) electrons. The van der Waals surface area contributed by atoms with Crippen LogP contribution in [0.5, 0.6) is 5.75 Å². The van der Waals surface area contributed by atoms with E-state index < -0.39 is 0 Å². The summed E-state index contributed by atoms with van der Waals surface area (Å²) < 4.78 is 5.19. The quantitative estimate of drug-likeness (QED) is 0.852. The number of nitrogens with zero attached hydrogens (tertiary/aromatic N) is 2. The SMILES string of the molecule is COc1ccc(CN2C=NCc3ccccc3C2)cc1. The number of aliphatic imine (C=N–C) groups is 1. The molecule has 102 valence electrons. The molecule has 0 fully saturated rings. The Labute approximate surface area is 119 Å². The first-order valence-corrected chi connectivity index (χ1v) is 6.79. The molecule has 0 N–H and O–H groups in total. The Bertz CT molecular complexity index is 605. The number of methoxy groups -OCH3 is 1. The van der Waals surface area contributed by atoms with Crippen LogP contribution < -0.4 is 4.74 Å². The lowest BCUT2D eigenvalue weighted by Gasteiger charge is -2.19. The second-order valence-corrected chi connectivity index (χ2v) is 4.98. The van der Waals surface area contributed by atoms with E-state index in [9.17, 15) is 0 Å². The van der Waals surface area contributed by atoms with E-state index in [1.807, 2.05) is 18.5 Å². The predicted molar refractivity (Wildman–Crippen MR) is 80.9 cm³/mol. The maximum Gasteiger partial charge on any atom is 0.118 e. The zero-order chi connectivity index (χ0) is 13.8. The van der Waals surface area contributed by atoms with Gasteiger partial charge >= 0.3 is 0 Å². The fraction of sp³-hybridized carbons (Fsp3) is 0.235. The molecule has 0 spiro atoms. The van der Waals surface area contributed by atoms with Gasteiger partial charge in [0.15, 0.2) is 0 Å². The molecule has 3 rings (SSSR count). The molecule has 0 atom stereocenters. The smallest absolute Gasteiger partial charge is 0.118 e. The van der Waals surface area contributed by atoms with Gasteiger partial charge in [-0.3, -0.25) is 4.99 Å². The average Bonchev–Trinajstić information content (AvgIpc) is 2.69. The van der Waals surface area contributed by atoms with Crippen molar-refractivity contribution in [3.8, 4) is 5.75 Å². The van der Waals surface area contributed by atoms with Crippen LogP contribution >= 0.6 is 0 Å². The van der Waals surface area contributed by atoms with E-state index in [4.69, 9.17) is 4.74 Å². The van der Waals surface area contributed by atoms with E-state index in [2.05, 4.69) is 46.3 Å². The monoisotopic (exact) mass is 266 g/mol. The lowest BCUT2D eigenvalue weighted by atomic mass is 10.1. The van der Waals surface area contributed by atoms with Gasteiger partial charge in [0.1, 0.15) is 5.75 Å². The molecular formula is C17H18N2O. The number of benzene rings is 2. The number of hydrogen-bond acceptors (Lipinski definition) is 3. The summed E-state index contributed by atoms with van der Waals surface area (Å²) in [6, 6.07) is 16.7. The van der Waals surface area contributed by atoms with Crippen molar-refractivity contribution in [1.29, 1.82) is 0 Å². The standard InChI is InChI=1S/C17H18N2O/c1-20-17-8-6-14(7-9-17)11-19-12-16-5-3-2-4-15(16)10-18-13-19/h2-9,13H,10-12H2,1H3. The van der Waals surface area contributed by atoms with Crippen LogP contribution in [0.2, 0.25) is 0 Å². The molecule has 0 aromatic heterocycles. The van der Waals surface area contributed by atoms with Crippen molar-refractivity contribution >= 4 is 6.34 Å². The highest BCUT2D eigenvalue weighted by molar-refractivity contribution is 5.57. The van der Waals surface area contributed by atoms with Gasteiger partial charge in [-0.25, -0.2) is 0 Å². The molecule has 1 heterocycles. The zero-order valence-electron chi connectivity index (χ0n) is 11.6. The van der Waals surface area contributed by atoms with Gasteiger partial charge in [0.05, 0.1) is 20.0 Å². The van der Waals surface area contributed by atoms with Crippen LogP contribution in [0, 0.1) is 0 Å². The summed E-state index contributed by atoms with van der Waals surface area (Å²) in [6.45, 7) is 2.54. The number of rotatable bonds is 3. The van der Waals surface area contributed by atoms with Crippen molar-refractivity contribution in [2.75, 3.05) is 7.11 Å². The molecule has 2 aromatic carbocycles. The second-order valence-electron chi connectivity index (χ2n) is 4.98. The fourth-order valence-electron chi connectivity index (χ4n) is 2.44. The lowest BCUT2D eigenvalue weighted by molar-refractivity contribution is 0.410. The van der Waals surface area contributed by atoms with Gasteiger partial charge in [-0.2, -0.15) is 0 Å². The first-order valence-electron chi connectivity index (χ1n) is 6.79. The normalized spacial score (nSPS) is 13.8. The molecule has 3 heteroatoms. The Balaban J connectivity index is 1.74. The van der Waals surface area contributed by atoms with E-state index in [1.165, 1.54) is 16.7 Å². The summed E-state index contributed by atoms with van der Waals surface area (Å²) in [6.07, 6.45) is 1.96. The summed E-state index contributed by atoms with van der Waals surface area (Å²) in [5, 5.41) is 0. The molecule has 1 aliphatic rings. The maximum absolute atomic E-state index is 5.19. The minimum Gasteiger partial charge on any atom is -0.497 e. The van der Waals surface area contributed by atoms with Crippen LogP contribution in [0.3, 0.4) is 0 Å². The Hall–Kier alpha value is -2.29. The molecule has 0 aliphatic carbocycles. The predicted octanol–water partition coefficient (Wildman–Crippen LogP) is 3.24.